The van der Waals surface area contributed by atoms with Gasteiger partial charge in [-0.25, -0.2) is 9.97 Å². The van der Waals surface area contributed by atoms with Gasteiger partial charge >= 0.3 is 0 Å². The molecule has 8 aromatic rings. The first-order valence-electron chi connectivity index (χ1n) is 20.2. The maximum Gasteiger partial charge on any atom is 0.153 e. The quantitative estimate of drug-likeness (QED) is 0.138. The lowest BCUT2D eigenvalue weighted by molar-refractivity contribution is 0.591. The van der Waals surface area contributed by atoms with Crippen LogP contribution in [0.15, 0.2) is 122 Å². The van der Waals surface area contributed by atoms with Crippen LogP contribution in [0, 0.1) is 0 Å². The molecule has 0 aliphatic rings. The van der Waals surface area contributed by atoms with Crippen molar-refractivity contribution in [3.63, 3.8) is 0 Å². The van der Waals surface area contributed by atoms with Gasteiger partial charge in [-0.05, 0) is 84.3 Å². The Morgan fingerprint density at radius 3 is 1.39 bits per heavy atom. The van der Waals surface area contributed by atoms with Crippen molar-refractivity contribution in [2.45, 2.75) is 105 Å². The Labute approximate surface area is 350 Å². The zero-order chi connectivity index (χ0) is 43.3. The van der Waals surface area contributed by atoms with E-state index >= 15 is 0 Å². The van der Waals surface area contributed by atoms with E-state index in [0.29, 0.717) is 17.5 Å². The molecule has 8 heteroatoms. The van der Waals surface area contributed by atoms with Crippen LogP contribution >= 0.6 is 0 Å². The van der Waals surface area contributed by atoms with Crippen molar-refractivity contribution in [3.05, 3.63) is 144 Å². The van der Waals surface area contributed by atoms with E-state index in [4.69, 9.17) is 17.2 Å². The van der Waals surface area contributed by atoms with Crippen LogP contribution in [0.4, 0.5) is 17.5 Å². The maximum absolute atomic E-state index is 5.80. The van der Waals surface area contributed by atoms with Gasteiger partial charge in [-0.1, -0.05) is 150 Å². The lowest BCUT2D eigenvalue weighted by Gasteiger charge is -2.19. The molecule has 306 valence electrons. The summed E-state index contributed by atoms with van der Waals surface area (Å²) in [5.74, 6) is 1.68. The van der Waals surface area contributed by atoms with E-state index in [9.17, 15) is 0 Å². The molecule has 59 heavy (non-hydrogen) atoms. The number of hydrogen-bond acceptors (Lipinski definition) is 8. The molecule has 0 radical (unpaired) electrons. The van der Waals surface area contributed by atoms with Gasteiger partial charge in [-0.2, -0.15) is 5.10 Å². The van der Waals surface area contributed by atoms with Gasteiger partial charge in [0, 0.05) is 51.7 Å². The third kappa shape index (κ3) is 11.5. The number of fused-ring (bicyclic) bond motifs is 4. The Bertz CT molecular complexity index is 2570. The number of rotatable bonds is 0. The topological polar surface area (TPSA) is 143 Å². The molecular weight excluding hydrogens is 725 g/mol. The van der Waals surface area contributed by atoms with Gasteiger partial charge in [0.05, 0.1) is 6.20 Å². The third-order valence-electron chi connectivity index (χ3n) is 10.3. The summed E-state index contributed by atoms with van der Waals surface area (Å²) >= 11 is 0. The van der Waals surface area contributed by atoms with Crippen LogP contribution in [-0.2, 0) is 21.7 Å². The number of benzene rings is 4. The number of anilines is 3. The fourth-order valence-electron chi connectivity index (χ4n) is 6.42. The molecule has 0 atom stereocenters. The lowest BCUT2D eigenvalue weighted by atomic mass is 9.86. The van der Waals surface area contributed by atoms with E-state index in [2.05, 4.69) is 181 Å². The Hall–Kier alpha value is -6.15. The summed E-state index contributed by atoms with van der Waals surface area (Å²) in [7, 11) is 0. The maximum atomic E-state index is 5.80. The van der Waals surface area contributed by atoms with Crippen LogP contribution in [-0.4, -0.2) is 25.1 Å². The fraction of sp³-hybridized carbons (Fsp3) is 0.314. The van der Waals surface area contributed by atoms with E-state index < -0.39 is 0 Å². The molecule has 4 heterocycles. The SMILES string of the molecule is CC(C)(C)c1ccc2c(N)nccc2c1.CC(C)(C)c1ccc2c(N)nncc2c1.CC(C)(C)c1ccc2cnc(N)cc2c1.CC(C)(C)c1ccc2cnccc2c1. The van der Waals surface area contributed by atoms with Crippen LogP contribution in [0.5, 0.6) is 0 Å². The van der Waals surface area contributed by atoms with Crippen molar-refractivity contribution in [3.8, 4) is 0 Å². The van der Waals surface area contributed by atoms with E-state index in [-0.39, 0.29) is 21.7 Å². The van der Waals surface area contributed by atoms with Crippen LogP contribution in [0.2, 0.25) is 0 Å². The highest BCUT2D eigenvalue weighted by atomic mass is 15.1. The third-order valence-corrected chi connectivity index (χ3v) is 10.3. The average molecular weight is 787 g/mol. The van der Waals surface area contributed by atoms with E-state index in [1.54, 1.807) is 12.4 Å². The second kappa shape index (κ2) is 17.4. The first-order chi connectivity index (χ1) is 27.5. The molecule has 4 aromatic carbocycles. The van der Waals surface area contributed by atoms with Crippen molar-refractivity contribution in [1.29, 1.82) is 0 Å². The summed E-state index contributed by atoms with van der Waals surface area (Å²) < 4.78 is 0. The largest absolute Gasteiger partial charge is 0.384 e. The van der Waals surface area contributed by atoms with Gasteiger partial charge < -0.3 is 17.2 Å². The molecule has 0 bridgehead atoms. The molecule has 8 rings (SSSR count). The minimum absolute atomic E-state index is 0.145. The molecule has 4 aromatic heterocycles. The molecule has 6 N–H and O–H groups in total. The standard InChI is InChI=1S/2C13H16N2.C13H15N.C12H15N3/c1-13(2,3)11-5-4-9-8-15-12(14)7-10(9)6-11;1-13(2,3)10-4-5-11-9(8-10)6-7-15-12(11)14;1-13(2,3)12-5-4-11-9-14-7-6-10(11)8-12;1-12(2,3)9-4-5-10-8(6-9)7-14-15-11(10)13/h2*4-8H,1-3H3,(H2,14,15);4-9H,1-3H3;4-7H,1-3H3,(H2,13,15). The van der Waals surface area contributed by atoms with Crippen LogP contribution < -0.4 is 17.2 Å². The zero-order valence-electron chi connectivity index (χ0n) is 37.0. The summed E-state index contributed by atoms with van der Waals surface area (Å²) in [6.07, 6.45) is 9.07. The van der Waals surface area contributed by atoms with Crippen molar-refractivity contribution in [2.75, 3.05) is 17.2 Å². The van der Waals surface area contributed by atoms with Crippen LogP contribution in [0.25, 0.3) is 43.1 Å². The number of nitrogens with two attached hydrogens (primary N) is 3. The molecule has 0 aliphatic carbocycles. The molecule has 0 amide bonds. The summed E-state index contributed by atoms with van der Waals surface area (Å²) in [5.41, 5.74) is 23.2. The van der Waals surface area contributed by atoms with Gasteiger partial charge in [0.2, 0.25) is 0 Å². The second-order valence-electron chi connectivity index (χ2n) is 19.3. The van der Waals surface area contributed by atoms with Crippen LogP contribution in [0.3, 0.4) is 0 Å². The number of hydrogen-bond donors (Lipinski definition) is 3. The Morgan fingerprint density at radius 1 is 0.373 bits per heavy atom. The Morgan fingerprint density at radius 2 is 0.831 bits per heavy atom. The van der Waals surface area contributed by atoms with Gasteiger partial charge in [-0.3, -0.25) is 4.98 Å². The number of aromatic nitrogens is 5. The van der Waals surface area contributed by atoms with Gasteiger partial charge in [0.1, 0.15) is 11.6 Å². The van der Waals surface area contributed by atoms with Gasteiger partial charge in [-0.15, -0.1) is 5.10 Å². The zero-order valence-corrected chi connectivity index (χ0v) is 37.0. The smallest absolute Gasteiger partial charge is 0.153 e. The highest BCUT2D eigenvalue weighted by Crippen LogP contribution is 2.30. The number of nitrogen functional groups attached to an aromatic ring is 3. The van der Waals surface area contributed by atoms with Gasteiger partial charge in [0.25, 0.3) is 0 Å². The molecule has 0 saturated heterocycles. The Balaban J connectivity index is 0.000000150. The van der Waals surface area contributed by atoms with Crippen LogP contribution in [0.1, 0.15) is 105 Å². The summed E-state index contributed by atoms with van der Waals surface area (Å²) in [6.45, 7) is 26.5. The molecule has 0 spiro atoms. The highest BCUT2D eigenvalue weighted by Gasteiger charge is 2.16. The lowest BCUT2D eigenvalue weighted by Crippen LogP contribution is -2.10. The van der Waals surface area contributed by atoms with Crippen molar-refractivity contribution >= 4 is 60.5 Å². The molecule has 0 unspecified atom stereocenters. The van der Waals surface area contributed by atoms with Crippen molar-refractivity contribution < 1.29 is 0 Å². The summed E-state index contributed by atoms with van der Waals surface area (Å²) in [5, 5.41) is 16.7. The number of nitrogens with zero attached hydrogens (tertiary/aromatic N) is 5. The predicted octanol–water partition coefficient (Wildman–Crippen LogP) is 12.3. The van der Waals surface area contributed by atoms with E-state index in [0.717, 1.165) is 32.3 Å². The predicted molar refractivity (Wildman–Crippen MR) is 253 cm³/mol. The molecule has 0 aliphatic heterocycles. The van der Waals surface area contributed by atoms with E-state index in [1.165, 1.54) is 33.0 Å². The normalized spacial score (nSPS) is 11.9. The second-order valence-corrected chi connectivity index (χ2v) is 19.3. The Kier molecular flexibility index (Phi) is 12.9. The minimum Gasteiger partial charge on any atom is -0.384 e. The summed E-state index contributed by atoms with van der Waals surface area (Å²) in [4.78, 5) is 12.3. The monoisotopic (exact) mass is 787 g/mol. The fourth-order valence-corrected chi connectivity index (χ4v) is 6.42. The minimum atomic E-state index is 0.145. The van der Waals surface area contributed by atoms with Crippen molar-refractivity contribution in [2.24, 2.45) is 0 Å². The van der Waals surface area contributed by atoms with Crippen molar-refractivity contribution in [1.82, 2.24) is 25.1 Å². The molecule has 8 nitrogen and oxygen atoms in total. The molecule has 0 fully saturated rings. The van der Waals surface area contributed by atoms with Gasteiger partial charge in [0.15, 0.2) is 5.82 Å². The van der Waals surface area contributed by atoms with E-state index in [1.807, 2.05) is 36.8 Å². The number of pyridine rings is 3. The highest BCUT2D eigenvalue weighted by molar-refractivity contribution is 5.92. The average Bonchev–Trinajstić information content (AvgIpc) is 3.17. The summed E-state index contributed by atoms with van der Waals surface area (Å²) in [6, 6.07) is 31.6. The molecule has 0 saturated carbocycles. The molecular formula is C51H62N8. The first-order valence-corrected chi connectivity index (χ1v) is 20.2. The first kappa shape index (κ1) is 44.0.